The second kappa shape index (κ2) is 8.19. The van der Waals surface area contributed by atoms with Crippen molar-refractivity contribution in [1.82, 2.24) is 24.6 Å². The lowest BCUT2D eigenvalue weighted by atomic mass is 10.1. The van der Waals surface area contributed by atoms with Gasteiger partial charge < -0.3 is 10.0 Å². The van der Waals surface area contributed by atoms with Gasteiger partial charge in [-0.05, 0) is 36.6 Å². The summed E-state index contributed by atoms with van der Waals surface area (Å²) in [5, 5.41) is 14.3. The largest absolute Gasteiger partial charge is 0.393 e. The van der Waals surface area contributed by atoms with E-state index in [2.05, 4.69) is 32.8 Å². The lowest BCUT2D eigenvalue weighted by molar-refractivity contribution is -0.133. The maximum absolute atomic E-state index is 12.4. The first-order valence-corrected chi connectivity index (χ1v) is 9.80. The van der Waals surface area contributed by atoms with Crippen LogP contribution in [0.25, 0.3) is 0 Å². The molecule has 2 aliphatic heterocycles. The predicted octanol–water partition coefficient (Wildman–Crippen LogP) is 1.21. The van der Waals surface area contributed by atoms with Crippen molar-refractivity contribution in [2.75, 3.05) is 19.6 Å². The van der Waals surface area contributed by atoms with Gasteiger partial charge in [0.15, 0.2) is 0 Å². The smallest absolute Gasteiger partial charge is 0.222 e. The number of nitrogens with zero attached hydrogens (tertiary/aromatic N) is 5. The minimum atomic E-state index is -0.246. The number of rotatable bonds is 5. The highest BCUT2D eigenvalue weighted by molar-refractivity contribution is 5.76. The van der Waals surface area contributed by atoms with Crippen LogP contribution in [0.15, 0.2) is 30.6 Å². The zero-order valence-corrected chi connectivity index (χ0v) is 15.6. The van der Waals surface area contributed by atoms with Crippen LogP contribution in [0, 0.1) is 0 Å². The summed E-state index contributed by atoms with van der Waals surface area (Å²) in [7, 11) is 0. The van der Waals surface area contributed by atoms with Crippen LogP contribution in [-0.2, 0) is 30.8 Å². The van der Waals surface area contributed by atoms with Crippen molar-refractivity contribution in [2.45, 2.75) is 51.4 Å². The fraction of sp³-hybridized carbons (Fsp3) is 0.550. The number of aliphatic hydroxyl groups excluding tert-OH is 1. The van der Waals surface area contributed by atoms with Crippen LogP contribution in [0.4, 0.5) is 0 Å². The van der Waals surface area contributed by atoms with Gasteiger partial charge in [-0.15, -0.1) is 0 Å². The number of hydrogen-bond donors (Lipinski definition) is 1. The first-order chi connectivity index (χ1) is 13.2. The number of carbonyl (C=O) groups excluding carboxylic acids is 1. The summed E-state index contributed by atoms with van der Waals surface area (Å²) < 4.78 is 2.08. The third-order valence-electron chi connectivity index (χ3n) is 5.50. The third-order valence-corrected chi connectivity index (χ3v) is 5.50. The molecule has 1 saturated heterocycles. The summed E-state index contributed by atoms with van der Waals surface area (Å²) in [6, 6.07) is 6.26. The van der Waals surface area contributed by atoms with Crippen LogP contribution in [0.2, 0.25) is 0 Å². The summed E-state index contributed by atoms with van der Waals surface area (Å²) in [5.74, 6) is 0.173. The summed E-state index contributed by atoms with van der Waals surface area (Å²) in [6.07, 6.45) is 5.98. The number of amides is 1. The molecule has 0 bridgehead atoms. The van der Waals surface area contributed by atoms with E-state index in [0.717, 1.165) is 31.9 Å². The molecule has 1 N–H and O–H groups in total. The maximum Gasteiger partial charge on any atom is 0.222 e. The number of hydrogen-bond acceptors (Lipinski definition) is 5. The van der Waals surface area contributed by atoms with E-state index in [9.17, 15) is 9.90 Å². The molecule has 144 valence electrons. The standard InChI is InChI=1S/C20H27N5O2/c26-19-5-9-24(10-6-19)20(27)2-1-17-13-18-15-23(11-12-25(18)22-17)14-16-3-7-21-8-4-16/h3-4,7-8,13,19,26H,1-2,5-6,9-12,14-15H2. The Kier molecular flexibility index (Phi) is 5.50. The predicted molar refractivity (Wildman–Crippen MR) is 101 cm³/mol. The normalized spacial score (nSPS) is 18.5. The SMILES string of the molecule is O=C(CCc1cc2n(n1)CCN(Cc1ccncc1)C2)N1CCC(O)CC1. The van der Waals surface area contributed by atoms with Crippen LogP contribution in [-0.4, -0.2) is 61.3 Å². The molecule has 0 aliphatic carbocycles. The van der Waals surface area contributed by atoms with Crippen LogP contribution < -0.4 is 0 Å². The second-order valence-corrected chi connectivity index (χ2v) is 7.53. The second-order valence-electron chi connectivity index (χ2n) is 7.53. The van der Waals surface area contributed by atoms with E-state index in [0.29, 0.717) is 38.8 Å². The van der Waals surface area contributed by atoms with Gasteiger partial charge in [0, 0.05) is 58.0 Å². The highest BCUT2D eigenvalue weighted by atomic mass is 16.3. The fourth-order valence-corrected chi connectivity index (χ4v) is 3.89. The molecule has 4 rings (SSSR count). The molecular weight excluding hydrogens is 342 g/mol. The maximum atomic E-state index is 12.4. The average Bonchev–Trinajstić information content (AvgIpc) is 3.10. The van der Waals surface area contributed by atoms with Crippen LogP contribution >= 0.6 is 0 Å². The van der Waals surface area contributed by atoms with E-state index in [1.54, 1.807) is 0 Å². The number of fused-ring (bicyclic) bond motifs is 1. The van der Waals surface area contributed by atoms with Gasteiger partial charge in [-0.2, -0.15) is 5.10 Å². The van der Waals surface area contributed by atoms with Gasteiger partial charge >= 0.3 is 0 Å². The Bertz CT molecular complexity index is 768. The van der Waals surface area contributed by atoms with E-state index < -0.39 is 0 Å². The number of pyridine rings is 1. The molecule has 1 fully saturated rings. The molecule has 2 aliphatic rings. The van der Waals surface area contributed by atoms with E-state index in [4.69, 9.17) is 5.10 Å². The molecule has 2 aromatic rings. The Labute approximate surface area is 159 Å². The van der Waals surface area contributed by atoms with Crippen molar-refractivity contribution in [2.24, 2.45) is 0 Å². The van der Waals surface area contributed by atoms with Gasteiger partial charge in [-0.1, -0.05) is 0 Å². The molecule has 0 saturated carbocycles. The zero-order valence-electron chi connectivity index (χ0n) is 15.6. The molecule has 0 radical (unpaired) electrons. The fourth-order valence-electron chi connectivity index (χ4n) is 3.89. The molecule has 0 atom stereocenters. The highest BCUT2D eigenvalue weighted by Crippen LogP contribution is 2.18. The molecule has 7 heteroatoms. The van der Waals surface area contributed by atoms with Crippen LogP contribution in [0.5, 0.6) is 0 Å². The summed E-state index contributed by atoms with van der Waals surface area (Å²) in [5.41, 5.74) is 3.50. The summed E-state index contributed by atoms with van der Waals surface area (Å²) in [4.78, 5) is 20.7. The minimum Gasteiger partial charge on any atom is -0.393 e. The van der Waals surface area contributed by atoms with E-state index >= 15 is 0 Å². The van der Waals surface area contributed by atoms with Crippen molar-refractivity contribution < 1.29 is 9.90 Å². The Morgan fingerprint density at radius 1 is 1.15 bits per heavy atom. The molecule has 4 heterocycles. The van der Waals surface area contributed by atoms with Crippen molar-refractivity contribution in [3.8, 4) is 0 Å². The van der Waals surface area contributed by atoms with E-state index in [1.165, 1.54) is 11.3 Å². The van der Waals surface area contributed by atoms with Crippen molar-refractivity contribution in [3.63, 3.8) is 0 Å². The lowest BCUT2D eigenvalue weighted by Crippen LogP contribution is -2.40. The number of likely N-dealkylation sites (tertiary alicyclic amines) is 1. The Balaban J connectivity index is 1.30. The van der Waals surface area contributed by atoms with Crippen molar-refractivity contribution in [3.05, 3.63) is 47.5 Å². The topological polar surface area (TPSA) is 74.5 Å². The number of carbonyl (C=O) groups is 1. The quantitative estimate of drug-likeness (QED) is 0.858. The Morgan fingerprint density at radius 3 is 2.70 bits per heavy atom. The van der Waals surface area contributed by atoms with Crippen LogP contribution in [0.1, 0.15) is 36.2 Å². The van der Waals surface area contributed by atoms with E-state index in [-0.39, 0.29) is 12.0 Å². The first-order valence-electron chi connectivity index (χ1n) is 9.80. The summed E-state index contributed by atoms with van der Waals surface area (Å²) in [6.45, 7) is 5.01. The van der Waals surface area contributed by atoms with Gasteiger partial charge in [-0.25, -0.2) is 0 Å². The molecule has 0 spiro atoms. The number of aryl methyl sites for hydroxylation is 1. The average molecular weight is 369 g/mol. The monoisotopic (exact) mass is 369 g/mol. The van der Waals surface area contributed by atoms with E-state index in [1.807, 2.05) is 17.3 Å². The summed E-state index contributed by atoms with van der Waals surface area (Å²) >= 11 is 0. The van der Waals surface area contributed by atoms with Crippen LogP contribution in [0.3, 0.4) is 0 Å². The van der Waals surface area contributed by atoms with Crippen molar-refractivity contribution in [1.29, 1.82) is 0 Å². The zero-order chi connectivity index (χ0) is 18.6. The highest BCUT2D eigenvalue weighted by Gasteiger charge is 2.22. The molecule has 0 unspecified atom stereocenters. The van der Waals surface area contributed by atoms with Gasteiger partial charge in [0.1, 0.15) is 0 Å². The third kappa shape index (κ3) is 4.54. The molecule has 0 aromatic carbocycles. The van der Waals surface area contributed by atoms with Gasteiger partial charge in [0.05, 0.1) is 24.0 Å². The Morgan fingerprint density at radius 2 is 1.93 bits per heavy atom. The molecule has 2 aromatic heterocycles. The molecular formula is C20H27N5O2. The van der Waals surface area contributed by atoms with Gasteiger partial charge in [0.25, 0.3) is 0 Å². The van der Waals surface area contributed by atoms with Crippen molar-refractivity contribution >= 4 is 5.91 Å². The lowest BCUT2D eigenvalue weighted by Gasteiger charge is -2.29. The Hall–Kier alpha value is -2.25. The number of aromatic nitrogens is 3. The molecule has 27 heavy (non-hydrogen) atoms. The first kappa shape index (κ1) is 18.1. The van der Waals surface area contributed by atoms with Gasteiger partial charge in [0.2, 0.25) is 5.91 Å². The molecule has 1 amide bonds. The minimum absolute atomic E-state index is 0.173. The number of piperidine rings is 1. The molecule has 7 nitrogen and oxygen atoms in total. The van der Waals surface area contributed by atoms with Gasteiger partial charge in [-0.3, -0.25) is 19.4 Å². The number of aliphatic hydroxyl groups is 1.